The van der Waals surface area contributed by atoms with Gasteiger partial charge in [0.05, 0.1) is 0 Å². The van der Waals surface area contributed by atoms with E-state index in [1.165, 1.54) is 5.56 Å². The van der Waals surface area contributed by atoms with E-state index >= 15 is 0 Å². The van der Waals surface area contributed by atoms with Crippen molar-refractivity contribution in [3.63, 3.8) is 0 Å². The van der Waals surface area contributed by atoms with Crippen molar-refractivity contribution in [1.82, 2.24) is 4.57 Å². The molecule has 1 aromatic heterocycles. The second-order valence-corrected chi connectivity index (χ2v) is 7.41. The Kier molecular flexibility index (Phi) is 3.74. The fourth-order valence-electron chi connectivity index (χ4n) is 2.49. The zero-order valence-corrected chi connectivity index (χ0v) is 12.8. The van der Waals surface area contributed by atoms with Crippen LogP contribution < -0.4 is 0 Å². The lowest BCUT2D eigenvalue weighted by molar-refractivity contribution is 0.609. The Labute approximate surface area is 128 Å². The van der Waals surface area contributed by atoms with E-state index in [9.17, 15) is 8.42 Å². The zero-order chi connectivity index (χ0) is 14.9. The number of halogens is 1. The third kappa shape index (κ3) is 2.96. The summed E-state index contributed by atoms with van der Waals surface area (Å²) in [5, 5.41) is 0.667. The molecule has 0 saturated heterocycles. The van der Waals surface area contributed by atoms with Gasteiger partial charge in [0.1, 0.15) is 4.90 Å². The average molecular weight is 320 g/mol. The first-order valence-electron chi connectivity index (χ1n) is 6.62. The van der Waals surface area contributed by atoms with E-state index in [1.54, 1.807) is 12.3 Å². The number of hydrogen-bond acceptors (Lipinski definition) is 2. The van der Waals surface area contributed by atoms with Crippen LogP contribution in [0.5, 0.6) is 0 Å². The van der Waals surface area contributed by atoms with Gasteiger partial charge in [-0.25, -0.2) is 8.42 Å². The molecule has 0 aliphatic carbocycles. The molecule has 3 aromatic rings. The smallest absolute Gasteiger partial charge is 0.263 e. The molecule has 0 aliphatic heterocycles. The number of fused-ring (bicyclic) bond motifs is 1. The molecule has 0 saturated carbocycles. The van der Waals surface area contributed by atoms with E-state index in [0.717, 1.165) is 11.9 Å². The highest BCUT2D eigenvalue weighted by Crippen LogP contribution is 2.28. The molecule has 0 aliphatic rings. The maximum Gasteiger partial charge on any atom is 0.263 e. The molecule has 3 nitrogen and oxygen atoms in total. The van der Waals surface area contributed by atoms with Crippen LogP contribution in [0.25, 0.3) is 10.9 Å². The Morgan fingerprint density at radius 3 is 2.33 bits per heavy atom. The molecule has 1 heterocycles. The van der Waals surface area contributed by atoms with Gasteiger partial charge in [0.15, 0.2) is 0 Å². The molecule has 3 rings (SSSR count). The SMILES string of the molecule is O=S(=O)(Cl)c1cn(CCc2ccccc2)c2ccccc12. The van der Waals surface area contributed by atoms with Gasteiger partial charge in [0.2, 0.25) is 0 Å². The van der Waals surface area contributed by atoms with Gasteiger partial charge in [-0.1, -0.05) is 48.5 Å². The minimum atomic E-state index is -3.74. The highest BCUT2D eigenvalue weighted by Gasteiger charge is 2.18. The summed E-state index contributed by atoms with van der Waals surface area (Å²) >= 11 is 0. The maximum absolute atomic E-state index is 11.7. The van der Waals surface area contributed by atoms with E-state index in [2.05, 4.69) is 12.1 Å². The van der Waals surface area contributed by atoms with Crippen molar-refractivity contribution in [2.45, 2.75) is 17.9 Å². The standard InChI is InChI=1S/C16H14ClNO2S/c17-21(19,20)16-12-18(15-9-5-4-8-14(15)16)11-10-13-6-2-1-3-7-13/h1-9,12H,10-11H2. The van der Waals surface area contributed by atoms with Crippen LogP contribution >= 0.6 is 10.7 Å². The third-order valence-electron chi connectivity index (χ3n) is 3.50. The highest BCUT2D eigenvalue weighted by molar-refractivity contribution is 8.14. The summed E-state index contributed by atoms with van der Waals surface area (Å²) in [6, 6.07) is 17.5. The molecule has 0 radical (unpaired) electrons. The van der Waals surface area contributed by atoms with Gasteiger partial charge in [-0.15, -0.1) is 0 Å². The molecule has 0 fully saturated rings. The second-order valence-electron chi connectivity index (χ2n) is 4.88. The number of nitrogens with zero attached hydrogens (tertiary/aromatic N) is 1. The molecule has 0 N–H and O–H groups in total. The Morgan fingerprint density at radius 1 is 0.952 bits per heavy atom. The number of aryl methyl sites for hydroxylation is 2. The molecule has 0 spiro atoms. The minimum absolute atomic E-state index is 0.174. The molecule has 21 heavy (non-hydrogen) atoms. The summed E-state index contributed by atoms with van der Waals surface area (Å²) in [5.74, 6) is 0. The topological polar surface area (TPSA) is 39.1 Å². The molecule has 0 bridgehead atoms. The summed E-state index contributed by atoms with van der Waals surface area (Å²) in [5.41, 5.74) is 2.10. The molecule has 2 aromatic carbocycles. The van der Waals surface area contributed by atoms with Gasteiger partial charge in [0.25, 0.3) is 9.05 Å². The Hall–Kier alpha value is -1.78. The number of para-hydroxylation sites is 1. The molecular weight excluding hydrogens is 306 g/mol. The molecule has 0 amide bonds. The summed E-state index contributed by atoms with van der Waals surface area (Å²) in [4.78, 5) is 0.174. The Balaban J connectivity index is 1.99. The molecule has 0 unspecified atom stereocenters. The number of hydrogen-bond donors (Lipinski definition) is 0. The number of benzene rings is 2. The maximum atomic E-state index is 11.7. The predicted molar refractivity (Wildman–Crippen MR) is 85.1 cm³/mol. The van der Waals surface area contributed by atoms with Crippen molar-refractivity contribution in [2.24, 2.45) is 0 Å². The van der Waals surface area contributed by atoms with Crippen molar-refractivity contribution < 1.29 is 8.42 Å². The summed E-state index contributed by atoms with van der Waals surface area (Å²) in [7, 11) is 1.79. The van der Waals surface area contributed by atoms with E-state index in [0.29, 0.717) is 11.9 Å². The lowest BCUT2D eigenvalue weighted by Gasteiger charge is -2.05. The first-order valence-corrected chi connectivity index (χ1v) is 8.93. The van der Waals surface area contributed by atoms with E-state index in [1.807, 2.05) is 41.0 Å². The quantitative estimate of drug-likeness (QED) is 0.686. The molecular formula is C16H14ClNO2S. The van der Waals surface area contributed by atoms with E-state index < -0.39 is 9.05 Å². The van der Waals surface area contributed by atoms with Gasteiger partial charge < -0.3 is 4.57 Å². The third-order valence-corrected chi connectivity index (χ3v) is 4.85. The van der Waals surface area contributed by atoms with Crippen LogP contribution in [0.4, 0.5) is 0 Å². The Morgan fingerprint density at radius 2 is 1.62 bits per heavy atom. The van der Waals surface area contributed by atoms with E-state index in [-0.39, 0.29) is 4.90 Å². The van der Waals surface area contributed by atoms with Crippen molar-refractivity contribution in [1.29, 1.82) is 0 Å². The Bertz CT molecular complexity index is 870. The average Bonchev–Trinajstić information content (AvgIpc) is 2.85. The van der Waals surface area contributed by atoms with Gasteiger partial charge in [-0.3, -0.25) is 0 Å². The van der Waals surface area contributed by atoms with Crippen molar-refractivity contribution in [3.05, 3.63) is 66.4 Å². The van der Waals surface area contributed by atoms with Crippen molar-refractivity contribution in [2.75, 3.05) is 0 Å². The first-order chi connectivity index (χ1) is 10.1. The number of rotatable bonds is 4. The summed E-state index contributed by atoms with van der Waals surface area (Å²) in [6.07, 6.45) is 2.46. The molecule has 108 valence electrons. The fourth-order valence-corrected chi connectivity index (χ4v) is 3.54. The van der Waals surface area contributed by atoms with Gasteiger partial charge in [-0.2, -0.15) is 0 Å². The van der Waals surface area contributed by atoms with Gasteiger partial charge in [-0.05, 0) is 18.1 Å². The van der Waals surface area contributed by atoms with E-state index in [4.69, 9.17) is 10.7 Å². The zero-order valence-electron chi connectivity index (χ0n) is 11.2. The summed E-state index contributed by atoms with van der Waals surface area (Å²) < 4.78 is 25.3. The van der Waals surface area contributed by atoms with Crippen LogP contribution in [0.1, 0.15) is 5.56 Å². The number of aromatic nitrogens is 1. The van der Waals surface area contributed by atoms with Gasteiger partial charge in [0, 0.05) is 34.3 Å². The van der Waals surface area contributed by atoms with Crippen molar-refractivity contribution in [3.8, 4) is 0 Å². The van der Waals surface area contributed by atoms with Crippen LogP contribution in [0.2, 0.25) is 0 Å². The molecule has 5 heteroatoms. The monoisotopic (exact) mass is 319 g/mol. The predicted octanol–water partition coefficient (Wildman–Crippen LogP) is 3.81. The van der Waals surface area contributed by atoms with Crippen LogP contribution in [-0.4, -0.2) is 13.0 Å². The minimum Gasteiger partial charge on any atom is -0.346 e. The largest absolute Gasteiger partial charge is 0.346 e. The van der Waals surface area contributed by atoms with Crippen molar-refractivity contribution >= 4 is 30.6 Å². The van der Waals surface area contributed by atoms with Crippen LogP contribution in [0, 0.1) is 0 Å². The normalized spacial score (nSPS) is 11.9. The highest BCUT2D eigenvalue weighted by atomic mass is 35.7. The lowest BCUT2D eigenvalue weighted by Crippen LogP contribution is -1.99. The van der Waals surface area contributed by atoms with Crippen LogP contribution in [-0.2, 0) is 22.0 Å². The first kappa shape index (κ1) is 14.2. The van der Waals surface area contributed by atoms with Crippen LogP contribution in [0.15, 0.2) is 65.7 Å². The lowest BCUT2D eigenvalue weighted by atomic mass is 10.1. The second kappa shape index (κ2) is 5.54. The fraction of sp³-hybridized carbons (Fsp3) is 0.125. The summed E-state index contributed by atoms with van der Waals surface area (Å²) in [6.45, 7) is 0.705. The van der Waals surface area contributed by atoms with Crippen LogP contribution in [0.3, 0.4) is 0 Å². The molecule has 0 atom stereocenters. The van der Waals surface area contributed by atoms with Gasteiger partial charge >= 0.3 is 0 Å².